The molecule has 0 heterocycles. The van der Waals surface area contributed by atoms with E-state index in [9.17, 15) is 14.4 Å². The Kier molecular flexibility index (Phi) is 9.15. The second-order valence-corrected chi connectivity index (χ2v) is 8.76. The second kappa shape index (κ2) is 11.6. The maximum absolute atomic E-state index is 12.7. The summed E-state index contributed by atoms with van der Waals surface area (Å²) in [4.78, 5) is 37.4. The quantitative estimate of drug-likeness (QED) is 0.608. The third-order valence-electron chi connectivity index (χ3n) is 4.88. The van der Waals surface area contributed by atoms with Crippen molar-refractivity contribution in [3.05, 3.63) is 29.8 Å². The van der Waals surface area contributed by atoms with Crippen molar-refractivity contribution in [2.45, 2.75) is 83.6 Å². The average Bonchev–Trinajstić information content (AvgIpc) is 2.71. The summed E-state index contributed by atoms with van der Waals surface area (Å²) in [5.74, 6) is -0.297. The Morgan fingerprint density at radius 1 is 1.06 bits per heavy atom. The molecular formula is C23H34N2O6. The summed E-state index contributed by atoms with van der Waals surface area (Å²) in [6.07, 6.45) is 4.20. The first-order valence-electron chi connectivity index (χ1n) is 10.7. The molecule has 172 valence electrons. The fourth-order valence-corrected chi connectivity index (χ4v) is 3.34. The topological polar surface area (TPSA) is 103 Å². The molecule has 1 atom stereocenters. The minimum Gasteiger partial charge on any atom is -0.497 e. The second-order valence-electron chi connectivity index (χ2n) is 8.76. The summed E-state index contributed by atoms with van der Waals surface area (Å²) in [6, 6.07) is 6.04. The molecule has 0 saturated heterocycles. The third-order valence-corrected chi connectivity index (χ3v) is 4.88. The number of carbonyl (C=O) groups is 3. The Labute approximate surface area is 184 Å². The Balaban J connectivity index is 1.97. The van der Waals surface area contributed by atoms with E-state index in [-0.39, 0.29) is 25.0 Å². The van der Waals surface area contributed by atoms with Gasteiger partial charge in [0.25, 0.3) is 0 Å². The molecule has 0 radical (unpaired) electrons. The highest BCUT2D eigenvalue weighted by atomic mass is 16.6. The molecule has 1 aromatic rings. The average molecular weight is 435 g/mol. The van der Waals surface area contributed by atoms with Gasteiger partial charge in [0.1, 0.15) is 24.0 Å². The molecule has 1 saturated carbocycles. The predicted molar refractivity (Wildman–Crippen MR) is 116 cm³/mol. The van der Waals surface area contributed by atoms with Gasteiger partial charge in [-0.15, -0.1) is 0 Å². The number of amides is 2. The Bertz CT molecular complexity index is 735. The maximum Gasteiger partial charge on any atom is 0.408 e. The van der Waals surface area contributed by atoms with Crippen molar-refractivity contribution in [1.82, 2.24) is 10.6 Å². The Morgan fingerprint density at radius 2 is 1.71 bits per heavy atom. The predicted octanol–water partition coefficient (Wildman–Crippen LogP) is 3.47. The first-order valence-corrected chi connectivity index (χ1v) is 10.7. The molecule has 0 aromatic heterocycles. The summed E-state index contributed by atoms with van der Waals surface area (Å²) in [6.45, 7) is 5.18. The number of benzene rings is 1. The van der Waals surface area contributed by atoms with Gasteiger partial charge in [-0.2, -0.15) is 0 Å². The number of ether oxygens (including phenoxy) is 3. The van der Waals surface area contributed by atoms with Crippen LogP contribution < -0.4 is 15.4 Å². The van der Waals surface area contributed by atoms with Crippen molar-refractivity contribution >= 4 is 18.0 Å². The first-order chi connectivity index (χ1) is 14.7. The number of hydrogen-bond donors (Lipinski definition) is 2. The van der Waals surface area contributed by atoms with Crippen molar-refractivity contribution in [1.29, 1.82) is 0 Å². The van der Waals surface area contributed by atoms with Crippen LogP contribution in [0.3, 0.4) is 0 Å². The van der Waals surface area contributed by atoms with Gasteiger partial charge in [-0.25, -0.2) is 9.59 Å². The summed E-state index contributed by atoms with van der Waals surface area (Å²) < 4.78 is 15.7. The van der Waals surface area contributed by atoms with Crippen molar-refractivity contribution < 1.29 is 28.6 Å². The van der Waals surface area contributed by atoms with Crippen LogP contribution in [-0.2, 0) is 25.7 Å². The number of nitrogens with one attached hydrogen (secondary N) is 2. The SMILES string of the molecule is COc1ccc(COC(=O)[C@H](CC(=O)NC2CCCCC2)NC(=O)OC(C)(C)C)cc1. The Morgan fingerprint density at radius 3 is 2.29 bits per heavy atom. The lowest BCUT2D eigenvalue weighted by molar-refractivity contribution is -0.149. The summed E-state index contributed by atoms with van der Waals surface area (Å²) in [5.41, 5.74) is 0.0308. The van der Waals surface area contributed by atoms with Crippen LogP contribution in [0, 0.1) is 0 Å². The minimum atomic E-state index is -1.14. The standard InChI is InChI=1S/C23H34N2O6/c1-23(2,3)31-22(28)25-19(14-20(26)24-17-8-6-5-7-9-17)21(27)30-15-16-10-12-18(29-4)13-11-16/h10-13,17,19H,5-9,14-15H2,1-4H3,(H,24,26)(H,25,28)/t19-/m0/s1. The normalized spacial score (nSPS) is 15.5. The van der Waals surface area contributed by atoms with Crippen molar-refractivity contribution in [2.24, 2.45) is 0 Å². The van der Waals surface area contributed by atoms with Gasteiger partial charge in [0.05, 0.1) is 13.5 Å². The van der Waals surface area contributed by atoms with Crippen molar-refractivity contribution in [2.75, 3.05) is 7.11 Å². The molecule has 1 aromatic carbocycles. The van der Waals surface area contributed by atoms with E-state index in [4.69, 9.17) is 14.2 Å². The molecular weight excluding hydrogens is 400 g/mol. The van der Waals surface area contributed by atoms with Gasteiger partial charge >= 0.3 is 12.1 Å². The van der Waals surface area contributed by atoms with Crippen LogP contribution in [0.4, 0.5) is 4.79 Å². The fourth-order valence-electron chi connectivity index (χ4n) is 3.34. The van der Waals surface area contributed by atoms with Crippen LogP contribution in [0.25, 0.3) is 0 Å². The first kappa shape index (κ1) is 24.5. The summed E-state index contributed by atoms with van der Waals surface area (Å²) in [5, 5.41) is 5.44. The molecule has 8 heteroatoms. The van der Waals surface area contributed by atoms with Gasteiger partial charge < -0.3 is 24.8 Å². The van der Waals surface area contributed by atoms with E-state index in [1.165, 1.54) is 6.42 Å². The number of esters is 1. The zero-order valence-corrected chi connectivity index (χ0v) is 18.9. The molecule has 8 nitrogen and oxygen atoms in total. The largest absolute Gasteiger partial charge is 0.497 e. The summed E-state index contributed by atoms with van der Waals surface area (Å²) >= 11 is 0. The number of carbonyl (C=O) groups excluding carboxylic acids is 3. The van der Waals surface area contributed by atoms with E-state index in [0.29, 0.717) is 5.75 Å². The van der Waals surface area contributed by atoms with Gasteiger partial charge in [0, 0.05) is 6.04 Å². The van der Waals surface area contributed by atoms with E-state index in [2.05, 4.69) is 10.6 Å². The van der Waals surface area contributed by atoms with Gasteiger partial charge in [-0.05, 0) is 51.3 Å². The summed E-state index contributed by atoms with van der Waals surface area (Å²) in [7, 11) is 1.57. The molecule has 1 aliphatic carbocycles. The van der Waals surface area contributed by atoms with Crippen LogP contribution in [0.5, 0.6) is 5.75 Å². The van der Waals surface area contributed by atoms with E-state index in [0.717, 1.165) is 31.2 Å². The lowest BCUT2D eigenvalue weighted by Crippen LogP contribution is -2.48. The molecule has 2 amide bonds. The molecule has 0 aliphatic heterocycles. The van der Waals surface area contributed by atoms with Crippen molar-refractivity contribution in [3.8, 4) is 5.75 Å². The lowest BCUT2D eigenvalue weighted by Gasteiger charge is -2.25. The third kappa shape index (κ3) is 9.27. The van der Waals surface area contributed by atoms with Crippen molar-refractivity contribution in [3.63, 3.8) is 0 Å². The van der Waals surface area contributed by atoms with Crippen LogP contribution in [0.2, 0.25) is 0 Å². The van der Waals surface area contributed by atoms with E-state index < -0.39 is 23.7 Å². The number of alkyl carbamates (subject to hydrolysis) is 1. The highest BCUT2D eigenvalue weighted by molar-refractivity contribution is 5.88. The molecule has 2 rings (SSSR count). The molecule has 1 aliphatic rings. The molecule has 0 bridgehead atoms. The zero-order chi connectivity index (χ0) is 22.9. The van der Waals surface area contributed by atoms with Crippen LogP contribution in [0.1, 0.15) is 64.9 Å². The molecule has 0 spiro atoms. The molecule has 1 fully saturated rings. The van der Waals surface area contributed by atoms with Gasteiger partial charge in [0.2, 0.25) is 5.91 Å². The molecule has 0 unspecified atom stereocenters. The highest BCUT2D eigenvalue weighted by Crippen LogP contribution is 2.18. The fraction of sp³-hybridized carbons (Fsp3) is 0.609. The number of hydrogen-bond acceptors (Lipinski definition) is 6. The van der Waals surface area contributed by atoms with Crippen LogP contribution in [0.15, 0.2) is 24.3 Å². The Hall–Kier alpha value is -2.77. The minimum absolute atomic E-state index is 0.0135. The van der Waals surface area contributed by atoms with Crippen LogP contribution in [-0.4, -0.2) is 42.8 Å². The smallest absolute Gasteiger partial charge is 0.408 e. The zero-order valence-electron chi connectivity index (χ0n) is 18.9. The van der Waals surface area contributed by atoms with Gasteiger partial charge in [-0.1, -0.05) is 31.4 Å². The number of rotatable bonds is 8. The van der Waals surface area contributed by atoms with E-state index >= 15 is 0 Å². The van der Waals surface area contributed by atoms with Gasteiger partial charge in [-0.3, -0.25) is 4.79 Å². The molecule has 31 heavy (non-hydrogen) atoms. The van der Waals surface area contributed by atoms with E-state index in [1.54, 1.807) is 52.1 Å². The van der Waals surface area contributed by atoms with Crippen LogP contribution >= 0.6 is 0 Å². The van der Waals surface area contributed by atoms with Gasteiger partial charge in [0.15, 0.2) is 0 Å². The monoisotopic (exact) mass is 434 g/mol. The molecule has 2 N–H and O–H groups in total. The maximum atomic E-state index is 12.7. The lowest BCUT2D eigenvalue weighted by atomic mass is 9.95. The highest BCUT2D eigenvalue weighted by Gasteiger charge is 2.29. The number of methoxy groups -OCH3 is 1. The van der Waals surface area contributed by atoms with E-state index in [1.807, 2.05) is 0 Å².